The lowest BCUT2D eigenvalue weighted by Gasteiger charge is -2.38. The predicted molar refractivity (Wildman–Crippen MR) is 127 cm³/mol. The Hall–Kier alpha value is -2.04. The largest absolute Gasteiger partial charge is 0.507 e. The third kappa shape index (κ3) is 6.72. The van der Waals surface area contributed by atoms with Gasteiger partial charge in [-0.1, -0.05) is 32.6 Å². The molecule has 0 aliphatic carbocycles. The maximum Gasteiger partial charge on any atom is 0.242 e. The van der Waals surface area contributed by atoms with Crippen LogP contribution in [0.2, 0.25) is 0 Å². The molecule has 1 aliphatic heterocycles. The van der Waals surface area contributed by atoms with E-state index in [0.29, 0.717) is 17.9 Å². The number of aromatic hydroxyl groups is 1. The fourth-order valence-corrected chi connectivity index (χ4v) is 4.56. The minimum atomic E-state index is -0.214. The molecule has 0 saturated carbocycles. The molecule has 1 aromatic rings. The quantitative estimate of drug-likeness (QED) is 0.211. The molecule has 0 saturated heterocycles. The van der Waals surface area contributed by atoms with E-state index in [0.717, 1.165) is 85.8 Å². The Morgan fingerprint density at radius 1 is 1.10 bits per heavy atom. The highest BCUT2D eigenvalue weighted by Crippen LogP contribution is 2.44. The Labute approximate surface area is 188 Å². The molecule has 2 rings (SSSR count). The summed E-state index contributed by atoms with van der Waals surface area (Å²) in [6.07, 6.45) is 13.4. The summed E-state index contributed by atoms with van der Waals surface area (Å²) in [4.78, 5) is 11.1. The number of phenolic OH excluding ortho intramolecular Hbond substituents is 1. The summed E-state index contributed by atoms with van der Waals surface area (Å²) in [6.45, 7) is 10.3. The molecule has 0 aromatic heterocycles. The average molecular weight is 432 g/mol. The average Bonchev–Trinajstić information content (AvgIpc) is 2.74. The van der Waals surface area contributed by atoms with Crippen molar-refractivity contribution in [2.24, 2.45) is 0 Å². The lowest BCUT2D eigenvalue weighted by Crippen LogP contribution is -2.37. The van der Waals surface area contributed by atoms with Crippen LogP contribution in [0.3, 0.4) is 0 Å². The van der Waals surface area contributed by atoms with Gasteiger partial charge in [0.05, 0.1) is 4.92 Å². The van der Waals surface area contributed by atoms with Gasteiger partial charge >= 0.3 is 0 Å². The second-order valence-corrected chi connectivity index (χ2v) is 9.45. The number of benzene rings is 1. The highest BCUT2D eigenvalue weighted by molar-refractivity contribution is 5.58. The van der Waals surface area contributed by atoms with Crippen LogP contribution in [-0.4, -0.2) is 15.6 Å². The summed E-state index contributed by atoms with van der Waals surface area (Å²) in [7, 11) is 0. The van der Waals surface area contributed by atoms with Crippen LogP contribution in [0.1, 0.15) is 107 Å². The van der Waals surface area contributed by atoms with Gasteiger partial charge in [0.15, 0.2) is 0 Å². The Bertz CT molecular complexity index is 799. The van der Waals surface area contributed by atoms with Gasteiger partial charge < -0.3 is 9.84 Å². The number of phenols is 1. The fraction of sp³-hybridized carbons (Fsp3) is 0.692. The maximum absolute atomic E-state index is 11.3. The molecule has 5 heteroatoms. The van der Waals surface area contributed by atoms with E-state index in [1.165, 1.54) is 12.8 Å². The van der Waals surface area contributed by atoms with Gasteiger partial charge in [-0.2, -0.15) is 0 Å². The molecule has 1 aromatic carbocycles. The zero-order chi connectivity index (χ0) is 23.0. The number of allylic oxidation sites excluding steroid dienone is 2. The monoisotopic (exact) mass is 431 g/mol. The molecule has 31 heavy (non-hydrogen) atoms. The molecular formula is C26H41NO4. The SMILES string of the molecule is CCCCCCC=C(CCCCCC1(C)CCc2c(C)c(O)c(C)c(C)c2O1)[N+](=O)[O-]. The molecule has 0 fully saturated rings. The smallest absolute Gasteiger partial charge is 0.242 e. The molecule has 174 valence electrons. The van der Waals surface area contributed by atoms with Gasteiger partial charge in [-0.15, -0.1) is 0 Å². The number of fused-ring (bicyclic) bond motifs is 1. The molecular weight excluding hydrogens is 390 g/mol. The van der Waals surface area contributed by atoms with Crippen LogP contribution in [0.25, 0.3) is 0 Å². The van der Waals surface area contributed by atoms with Crippen LogP contribution < -0.4 is 4.74 Å². The van der Waals surface area contributed by atoms with E-state index in [9.17, 15) is 15.2 Å². The van der Waals surface area contributed by atoms with Gasteiger partial charge in [-0.3, -0.25) is 10.1 Å². The lowest BCUT2D eigenvalue weighted by atomic mass is 9.84. The highest BCUT2D eigenvalue weighted by Gasteiger charge is 2.34. The number of hydrogen-bond donors (Lipinski definition) is 1. The van der Waals surface area contributed by atoms with Crippen molar-refractivity contribution >= 4 is 0 Å². The zero-order valence-electron chi connectivity index (χ0n) is 20.2. The number of nitro groups is 1. The molecule has 1 N–H and O–H groups in total. The van der Waals surface area contributed by atoms with Gasteiger partial charge in [0.2, 0.25) is 5.70 Å². The van der Waals surface area contributed by atoms with Crippen LogP contribution in [0, 0.1) is 30.9 Å². The Morgan fingerprint density at radius 3 is 2.48 bits per heavy atom. The predicted octanol–water partition coefficient (Wildman–Crippen LogP) is 7.48. The summed E-state index contributed by atoms with van der Waals surface area (Å²) in [6, 6.07) is 0. The summed E-state index contributed by atoms with van der Waals surface area (Å²) in [5.41, 5.74) is 4.17. The van der Waals surface area contributed by atoms with Crippen molar-refractivity contribution in [2.45, 2.75) is 117 Å². The van der Waals surface area contributed by atoms with Gasteiger partial charge in [0, 0.05) is 12.0 Å². The Balaban J connectivity index is 1.83. The molecule has 0 amide bonds. The molecule has 0 bridgehead atoms. The number of ether oxygens (including phenoxy) is 1. The van der Waals surface area contributed by atoms with Crippen LogP contribution in [0.5, 0.6) is 11.5 Å². The third-order valence-electron chi connectivity index (χ3n) is 6.90. The number of rotatable bonds is 12. The number of unbranched alkanes of at least 4 members (excludes halogenated alkanes) is 6. The Kier molecular flexibility index (Phi) is 9.39. The van der Waals surface area contributed by atoms with E-state index < -0.39 is 0 Å². The van der Waals surface area contributed by atoms with Crippen molar-refractivity contribution in [3.05, 3.63) is 44.1 Å². The second kappa shape index (κ2) is 11.5. The van der Waals surface area contributed by atoms with Crippen LogP contribution in [-0.2, 0) is 6.42 Å². The van der Waals surface area contributed by atoms with Crippen molar-refractivity contribution < 1.29 is 14.8 Å². The van der Waals surface area contributed by atoms with Gasteiger partial charge in [-0.25, -0.2) is 0 Å². The van der Waals surface area contributed by atoms with Crippen molar-refractivity contribution in [3.63, 3.8) is 0 Å². The molecule has 1 heterocycles. The topological polar surface area (TPSA) is 72.6 Å². The Morgan fingerprint density at radius 2 is 1.81 bits per heavy atom. The number of nitrogens with zero attached hydrogens (tertiary/aromatic N) is 1. The second-order valence-electron chi connectivity index (χ2n) is 9.45. The standard InChI is InChI=1S/C26H41NO4/c1-6-7-8-9-11-14-22(27(29)30)15-12-10-13-17-26(5)18-16-23-21(4)24(28)19(2)20(3)25(23)31-26/h14,28H,6-13,15-18H2,1-5H3. The van der Waals surface area contributed by atoms with Gasteiger partial charge in [0.1, 0.15) is 17.1 Å². The number of hydrogen-bond acceptors (Lipinski definition) is 4. The molecule has 1 aliphatic rings. The van der Waals surface area contributed by atoms with Gasteiger partial charge in [-0.05, 0) is 95.4 Å². The maximum atomic E-state index is 11.3. The van der Waals surface area contributed by atoms with Crippen LogP contribution >= 0.6 is 0 Å². The highest BCUT2D eigenvalue weighted by atomic mass is 16.6. The van der Waals surface area contributed by atoms with E-state index in [1.54, 1.807) is 0 Å². The first kappa shape index (κ1) is 25.2. The van der Waals surface area contributed by atoms with E-state index in [-0.39, 0.29) is 10.5 Å². The van der Waals surface area contributed by atoms with Gasteiger partial charge in [0.25, 0.3) is 0 Å². The van der Waals surface area contributed by atoms with Crippen molar-refractivity contribution in [1.82, 2.24) is 0 Å². The molecule has 5 nitrogen and oxygen atoms in total. The fourth-order valence-electron chi connectivity index (χ4n) is 4.56. The summed E-state index contributed by atoms with van der Waals surface area (Å²) in [5, 5.41) is 21.7. The van der Waals surface area contributed by atoms with E-state index in [1.807, 2.05) is 26.8 Å². The molecule has 0 radical (unpaired) electrons. The van der Waals surface area contributed by atoms with Crippen molar-refractivity contribution in [1.29, 1.82) is 0 Å². The van der Waals surface area contributed by atoms with E-state index in [2.05, 4.69) is 13.8 Å². The summed E-state index contributed by atoms with van der Waals surface area (Å²) >= 11 is 0. The van der Waals surface area contributed by atoms with Crippen molar-refractivity contribution in [2.75, 3.05) is 0 Å². The molecule has 1 unspecified atom stereocenters. The van der Waals surface area contributed by atoms with E-state index in [4.69, 9.17) is 4.74 Å². The normalized spacial score (nSPS) is 18.5. The first-order valence-corrected chi connectivity index (χ1v) is 12.0. The lowest BCUT2D eigenvalue weighted by molar-refractivity contribution is -0.428. The molecule has 0 spiro atoms. The molecule has 1 atom stereocenters. The zero-order valence-corrected chi connectivity index (χ0v) is 20.2. The minimum Gasteiger partial charge on any atom is -0.507 e. The summed E-state index contributed by atoms with van der Waals surface area (Å²) < 4.78 is 6.49. The first-order valence-electron chi connectivity index (χ1n) is 12.0. The first-order chi connectivity index (χ1) is 14.7. The third-order valence-corrected chi connectivity index (χ3v) is 6.90. The van der Waals surface area contributed by atoms with E-state index >= 15 is 0 Å². The van der Waals surface area contributed by atoms with Crippen LogP contribution in [0.15, 0.2) is 11.8 Å². The van der Waals surface area contributed by atoms with Crippen molar-refractivity contribution in [3.8, 4) is 11.5 Å². The summed E-state index contributed by atoms with van der Waals surface area (Å²) in [5.74, 6) is 1.34. The minimum absolute atomic E-state index is 0.203. The van der Waals surface area contributed by atoms with Crippen LogP contribution in [0.4, 0.5) is 0 Å².